The fraction of sp³-hybridized carbons (Fsp3) is 0.500. The van der Waals surface area contributed by atoms with E-state index in [1.165, 1.54) is 12.1 Å². The van der Waals surface area contributed by atoms with Crippen molar-refractivity contribution in [2.75, 3.05) is 13.1 Å². The van der Waals surface area contributed by atoms with E-state index in [0.29, 0.717) is 29.7 Å². The molecule has 1 fully saturated rings. The number of piperidine rings is 1. The van der Waals surface area contributed by atoms with Crippen LogP contribution in [0.3, 0.4) is 0 Å². The van der Waals surface area contributed by atoms with E-state index in [0.717, 1.165) is 25.9 Å². The Hall–Kier alpha value is -2.24. The van der Waals surface area contributed by atoms with E-state index in [2.05, 4.69) is 24.0 Å². The number of hydrogen-bond acceptors (Lipinski definition) is 4. The normalized spacial score (nSPS) is 15.9. The summed E-state index contributed by atoms with van der Waals surface area (Å²) < 4.78 is 18.7. The number of aromatic nitrogens is 2. The number of carbonyl (C=O) groups excluding carboxylic acids is 1. The Morgan fingerprint density at radius 1 is 1.25 bits per heavy atom. The van der Waals surface area contributed by atoms with Crippen LogP contribution in [0.2, 0.25) is 0 Å². The summed E-state index contributed by atoms with van der Waals surface area (Å²) in [6.07, 6.45) is 2.25. The van der Waals surface area contributed by atoms with E-state index in [-0.39, 0.29) is 17.6 Å². The Morgan fingerprint density at radius 2 is 1.92 bits per heavy atom. The standard InChI is InChI=1S/C18H22FN3O2/c1-12(2)11-16(23)22-9-7-14(8-10-22)18-21-20-17(24-18)13-3-5-15(19)6-4-13/h3-6,12,14H,7-11H2,1-2H3. The van der Waals surface area contributed by atoms with E-state index in [1.54, 1.807) is 12.1 Å². The molecule has 0 bridgehead atoms. The van der Waals surface area contributed by atoms with Gasteiger partial charge in [-0.05, 0) is 43.0 Å². The molecule has 1 aromatic heterocycles. The molecule has 1 aromatic carbocycles. The first kappa shape index (κ1) is 16.6. The van der Waals surface area contributed by atoms with Crippen molar-refractivity contribution < 1.29 is 13.6 Å². The number of nitrogens with zero attached hydrogens (tertiary/aromatic N) is 3. The minimum atomic E-state index is -0.295. The number of hydrogen-bond donors (Lipinski definition) is 0. The molecule has 6 heteroatoms. The van der Waals surface area contributed by atoms with Gasteiger partial charge in [-0.15, -0.1) is 10.2 Å². The third-order valence-electron chi connectivity index (χ3n) is 4.31. The summed E-state index contributed by atoms with van der Waals surface area (Å²) in [5.74, 6) is 1.49. The summed E-state index contributed by atoms with van der Waals surface area (Å²) in [6, 6.07) is 6.00. The number of rotatable bonds is 4. The highest BCUT2D eigenvalue weighted by atomic mass is 19.1. The number of carbonyl (C=O) groups is 1. The summed E-state index contributed by atoms with van der Waals surface area (Å²) in [5, 5.41) is 8.21. The second-order valence-electron chi connectivity index (χ2n) is 6.71. The van der Waals surface area contributed by atoms with E-state index >= 15 is 0 Å². The smallest absolute Gasteiger partial charge is 0.247 e. The van der Waals surface area contributed by atoms with Gasteiger partial charge in [-0.3, -0.25) is 4.79 Å². The fourth-order valence-corrected chi connectivity index (χ4v) is 2.96. The van der Waals surface area contributed by atoms with Gasteiger partial charge in [0.05, 0.1) is 0 Å². The maximum atomic E-state index is 13.0. The van der Waals surface area contributed by atoms with Crippen LogP contribution in [0, 0.1) is 11.7 Å². The van der Waals surface area contributed by atoms with Crippen molar-refractivity contribution in [3.8, 4) is 11.5 Å². The van der Waals surface area contributed by atoms with Crippen molar-refractivity contribution in [2.45, 2.75) is 39.0 Å². The third-order valence-corrected chi connectivity index (χ3v) is 4.31. The van der Waals surface area contributed by atoms with Crippen LogP contribution in [0.4, 0.5) is 4.39 Å². The third kappa shape index (κ3) is 3.80. The van der Waals surface area contributed by atoms with Crippen molar-refractivity contribution >= 4 is 5.91 Å². The molecule has 0 N–H and O–H groups in total. The predicted molar refractivity (Wildman–Crippen MR) is 87.7 cm³/mol. The molecule has 0 aliphatic carbocycles. The maximum Gasteiger partial charge on any atom is 0.247 e. The quantitative estimate of drug-likeness (QED) is 0.858. The number of halogens is 1. The number of likely N-dealkylation sites (tertiary alicyclic amines) is 1. The van der Waals surface area contributed by atoms with Crippen molar-refractivity contribution in [3.05, 3.63) is 36.0 Å². The molecule has 0 spiro atoms. The number of amides is 1. The van der Waals surface area contributed by atoms with Crippen LogP contribution in [-0.4, -0.2) is 34.1 Å². The number of benzene rings is 1. The largest absolute Gasteiger partial charge is 0.420 e. The predicted octanol–water partition coefficient (Wildman–Crippen LogP) is 3.63. The molecule has 1 aliphatic rings. The average molecular weight is 331 g/mol. The van der Waals surface area contributed by atoms with Crippen molar-refractivity contribution in [3.63, 3.8) is 0 Å². The highest BCUT2D eigenvalue weighted by molar-refractivity contribution is 5.76. The molecule has 2 aromatic rings. The zero-order valence-electron chi connectivity index (χ0n) is 14.0. The Morgan fingerprint density at radius 3 is 2.54 bits per heavy atom. The average Bonchev–Trinajstić information content (AvgIpc) is 3.05. The molecule has 0 saturated carbocycles. The van der Waals surface area contributed by atoms with E-state index < -0.39 is 0 Å². The lowest BCUT2D eigenvalue weighted by Gasteiger charge is -2.31. The van der Waals surface area contributed by atoms with Crippen LogP contribution in [0.15, 0.2) is 28.7 Å². The van der Waals surface area contributed by atoms with Gasteiger partial charge < -0.3 is 9.32 Å². The van der Waals surface area contributed by atoms with Crippen LogP contribution < -0.4 is 0 Å². The zero-order valence-corrected chi connectivity index (χ0v) is 14.0. The zero-order chi connectivity index (χ0) is 17.1. The second kappa shape index (κ2) is 7.11. The van der Waals surface area contributed by atoms with Gasteiger partial charge in [0.25, 0.3) is 0 Å². The van der Waals surface area contributed by atoms with Gasteiger partial charge in [0, 0.05) is 31.0 Å². The minimum absolute atomic E-state index is 0.176. The Labute approximate surface area is 140 Å². The van der Waals surface area contributed by atoms with Gasteiger partial charge >= 0.3 is 0 Å². The van der Waals surface area contributed by atoms with Gasteiger partial charge in [-0.25, -0.2) is 4.39 Å². The second-order valence-corrected chi connectivity index (χ2v) is 6.71. The molecule has 24 heavy (non-hydrogen) atoms. The van der Waals surface area contributed by atoms with Crippen LogP contribution in [0.5, 0.6) is 0 Å². The molecule has 3 rings (SSSR count). The lowest BCUT2D eigenvalue weighted by Crippen LogP contribution is -2.38. The van der Waals surface area contributed by atoms with E-state index in [9.17, 15) is 9.18 Å². The van der Waals surface area contributed by atoms with Gasteiger partial charge in [0.1, 0.15) is 5.82 Å². The first-order valence-corrected chi connectivity index (χ1v) is 8.40. The van der Waals surface area contributed by atoms with Gasteiger partial charge in [-0.2, -0.15) is 0 Å². The summed E-state index contributed by atoms with van der Waals surface area (Å²) in [7, 11) is 0. The maximum absolute atomic E-state index is 13.0. The molecule has 0 radical (unpaired) electrons. The Balaban J connectivity index is 1.61. The van der Waals surface area contributed by atoms with Crippen LogP contribution in [0.25, 0.3) is 11.5 Å². The molecular formula is C18H22FN3O2. The minimum Gasteiger partial charge on any atom is -0.420 e. The van der Waals surface area contributed by atoms with Gasteiger partial charge in [0.2, 0.25) is 17.7 Å². The lowest BCUT2D eigenvalue weighted by atomic mass is 9.96. The molecule has 1 amide bonds. The van der Waals surface area contributed by atoms with Crippen LogP contribution in [-0.2, 0) is 4.79 Å². The molecule has 5 nitrogen and oxygen atoms in total. The van der Waals surface area contributed by atoms with E-state index in [4.69, 9.17) is 4.42 Å². The van der Waals surface area contributed by atoms with Crippen LogP contribution >= 0.6 is 0 Å². The topological polar surface area (TPSA) is 59.2 Å². The van der Waals surface area contributed by atoms with E-state index in [1.807, 2.05) is 4.90 Å². The Bertz CT molecular complexity index is 689. The first-order valence-electron chi connectivity index (χ1n) is 8.40. The molecule has 128 valence electrons. The van der Waals surface area contributed by atoms with Crippen molar-refractivity contribution in [1.82, 2.24) is 15.1 Å². The Kier molecular flexibility index (Phi) is 4.92. The SMILES string of the molecule is CC(C)CC(=O)N1CCC(c2nnc(-c3ccc(F)cc3)o2)CC1. The molecule has 1 saturated heterocycles. The monoisotopic (exact) mass is 331 g/mol. The highest BCUT2D eigenvalue weighted by Gasteiger charge is 2.27. The van der Waals surface area contributed by atoms with Gasteiger partial charge in [-0.1, -0.05) is 13.8 Å². The summed E-state index contributed by atoms with van der Waals surface area (Å²) in [4.78, 5) is 14.0. The summed E-state index contributed by atoms with van der Waals surface area (Å²) in [6.45, 7) is 5.56. The highest BCUT2D eigenvalue weighted by Crippen LogP contribution is 2.29. The van der Waals surface area contributed by atoms with Crippen molar-refractivity contribution in [1.29, 1.82) is 0 Å². The fourth-order valence-electron chi connectivity index (χ4n) is 2.96. The molecule has 0 atom stereocenters. The first-order chi connectivity index (χ1) is 11.5. The van der Waals surface area contributed by atoms with Gasteiger partial charge in [0.15, 0.2) is 0 Å². The lowest BCUT2D eigenvalue weighted by molar-refractivity contribution is -0.133. The molecule has 0 unspecified atom stereocenters. The van der Waals surface area contributed by atoms with Crippen molar-refractivity contribution in [2.24, 2.45) is 5.92 Å². The molecular weight excluding hydrogens is 309 g/mol. The summed E-state index contributed by atoms with van der Waals surface area (Å²) in [5.41, 5.74) is 0.708. The molecule has 1 aliphatic heterocycles. The summed E-state index contributed by atoms with van der Waals surface area (Å²) >= 11 is 0. The van der Waals surface area contributed by atoms with Crippen LogP contribution in [0.1, 0.15) is 44.9 Å². The molecule has 2 heterocycles.